The molecule has 0 aliphatic rings. The first-order valence-corrected chi connectivity index (χ1v) is 7.64. The van der Waals surface area contributed by atoms with E-state index in [1.165, 1.54) is 5.56 Å². The average molecular weight is 309 g/mol. The van der Waals surface area contributed by atoms with Gasteiger partial charge in [-0.1, -0.05) is 48.0 Å². The van der Waals surface area contributed by atoms with Gasteiger partial charge in [0.05, 0.1) is 0 Å². The van der Waals surface area contributed by atoms with Crippen LogP contribution in [-0.2, 0) is 4.79 Å². The SMILES string of the molecule is C/C(=C\C(c1ccc(C)cc1)c1ccc(N(C)C)cc1)C(=O)O. The van der Waals surface area contributed by atoms with Crippen molar-refractivity contribution in [1.82, 2.24) is 0 Å². The van der Waals surface area contributed by atoms with Crippen LogP contribution in [0.15, 0.2) is 60.2 Å². The van der Waals surface area contributed by atoms with Gasteiger partial charge in [0, 0.05) is 31.3 Å². The summed E-state index contributed by atoms with van der Waals surface area (Å²) in [6, 6.07) is 16.5. The van der Waals surface area contributed by atoms with E-state index in [0.717, 1.165) is 16.8 Å². The summed E-state index contributed by atoms with van der Waals surface area (Å²) >= 11 is 0. The molecule has 2 aromatic rings. The number of carboxylic acids is 1. The third-order valence-corrected chi connectivity index (χ3v) is 3.96. The van der Waals surface area contributed by atoms with E-state index in [0.29, 0.717) is 5.57 Å². The Kier molecular flexibility index (Phi) is 5.22. The summed E-state index contributed by atoms with van der Waals surface area (Å²) in [5, 5.41) is 9.21. The van der Waals surface area contributed by atoms with Crippen LogP contribution in [0.1, 0.15) is 29.5 Å². The van der Waals surface area contributed by atoms with Crippen LogP contribution in [0.25, 0.3) is 0 Å². The van der Waals surface area contributed by atoms with E-state index in [9.17, 15) is 9.90 Å². The summed E-state index contributed by atoms with van der Waals surface area (Å²) in [6.45, 7) is 3.68. The molecule has 0 amide bonds. The van der Waals surface area contributed by atoms with Crippen LogP contribution in [0.5, 0.6) is 0 Å². The molecule has 23 heavy (non-hydrogen) atoms. The maximum absolute atomic E-state index is 11.2. The molecule has 3 nitrogen and oxygen atoms in total. The number of allylic oxidation sites excluding steroid dienone is 1. The maximum Gasteiger partial charge on any atom is 0.330 e. The monoisotopic (exact) mass is 309 g/mol. The van der Waals surface area contributed by atoms with Gasteiger partial charge in [-0.15, -0.1) is 0 Å². The normalized spacial score (nSPS) is 12.8. The van der Waals surface area contributed by atoms with E-state index in [2.05, 4.69) is 48.5 Å². The number of hydrogen-bond acceptors (Lipinski definition) is 2. The number of hydrogen-bond donors (Lipinski definition) is 1. The van der Waals surface area contributed by atoms with Gasteiger partial charge in [0.1, 0.15) is 0 Å². The number of nitrogens with zero attached hydrogens (tertiary/aromatic N) is 1. The van der Waals surface area contributed by atoms with Crippen molar-refractivity contribution in [2.75, 3.05) is 19.0 Å². The highest BCUT2D eigenvalue weighted by molar-refractivity contribution is 5.86. The van der Waals surface area contributed by atoms with Crippen molar-refractivity contribution in [3.8, 4) is 0 Å². The van der Waals surface area contributed by atoms with E-state index >= 15 is 0 Å². The van der Waals surface area contributed by atoms with Gasteiger partial charge in [-0.05, 0) is 37.1 Å². The van der Waals surface area contributed by atoms with Crippen LogP contribution < -0.4 is 4.90 Å². The van der Waals surface area contributed by atoms with Crippen molar-refractivity contribution in [3.63, 3.8) is 0 Å². The number of rotatable bonds is 5. The molecule has 3 heteroatoms. The first kappa shape index (κ1) is 16.8. The standard InChI is InChI=1S/C20H23NO2/c1-14-5-7-16(8-6-14)19(13-15(2)20(22)23)17-9-11-18(12-10-17)21(3)4/h5-13,19H,1-4H3,(H,22,23)/b15-13+. The second-order valence-electron chi connectivity index (χ2n) is 6.03. The Hall–Kier alpha value is -2.55. The highest BCUT2D eigenvalue weighted by Crippen LogP contribution is 2.29. The van der Waals surface area contributed by atoms with Gasteiger partial charge in [-0.2, -0.15) is 0 Å². The fourth-order valence-electron chi connectivity index (χ4n) is 2.46. The lowest BCUT2D eigenvalue weighted by Crippen LogP contribution is -2.09. The molecule has 1 unspecified atom stereocenters. The lowest BCUT2D eigenvalue weighted by Gasteiger charge is -2.18. The molecule has 0 bridgehead atoms. The van der Waals surface area contributed by atoms with Crippen LogP contribution in [0, 0.1) is 6.92 Å². The van der Waals surface area contributed by atoms with Crippen molar-refractivity contribution in [3.05, 3.63) is 76.9 Å². The minimum atomic E-state index is -0.882. The van der Waals surface area contributed by atoms with Crippen LogP contribution in [0.3, 0.4) is 0 Å². The summed E-state index contributed by atoms with van der Waals surface area (Å²) in [5.74, 6) is -0.949. The van der Waals surface area contributed by atoms with E-state index in [-0.39, 0.29) is 5.92 Å². The second kappa shape index (κ2) is 7.14. The van der Waals surface area contributed by atoms with Crippen molar-refractivity contribution < 1.29 is 9.90 Å². The Bertz CT molecular complexity index is 697. The maximum atomic E-state index is 11.2. The third kappa shape index (κ3) is 4.22. The smallest absolute Gasteiger partial charge is 0.330 e. The third-order valence-electron chi connectivity index (χ3n) is 3.96. The highest BCUT2D eigenvalue weighted by Gasteiger charge is 2.14. The molecule has 0 heterocycles. The van der Waals surface area contributed by atoms with Crippen LogP contribution in [0.4, 0.5) is 5.69 Å². The molecule has 120 valence electrons. The summed E-state index contributed by atoms with van der Waals surface area (Å²) in [6.07, 6.45) is 1.82. The molecule has 0 radical (unpaired) electrons. The zero-order valence-corrected chi connectivity index (χ0v) is 14.1. The summed E-state index contributed by atoms with van der Waals surface area (Å²) in [5.41, 5.74) is 4.84. The van der Waals surface area contributed by atoms with Crippen LogP contribution >= 0.6 is 0 Å². The summed E-state index contributed by atoms with van der Waals surface area (Å²) < 4.78 is 0. The van der Waals surface area contributed by atoms with E-state index in [4.69, 9.17) is 0 Å². The Balaban J connectivity index is 2.46. The second-order valence-corrected chi connectivity index (χ2v) is 6.03. The molecule has 0 aliphatic carbocycles. The number of anilines is 1. The molecule has 0 spiro atoms. The topological polar surface area (TPSA) is 40.5 Å². The van der Waals surface area contributed by atoms with E-state index < -0.39 is 5.97 Å². The molecule has 0 saturated carbocycles. The molecule has 1 N–H and O–H groups in total. The Labute approximate surface area is 137 Å². The Morgan fingerprint density at radius 1 is 1.00 bits per heavy atom. The summed E-state index contributed by atoms with van der Waals surface area (Å²) in [4.78, 5) is 13.3. The van der Waals surface area contributed by atoms with Gasteiger partial charge in [0.2, 0.25) is 0 Å². The molecule has 1 atom stereocenters. The first-order valence-electron chi connectivity index (χ1n) is 7.64. The van der Waals surface area contributed by atoms with Gasteiger partial charge in [-0.3, -0.25) is 0 Å². The van der Waals surface area contributed by atoms with Crippen molar-refractivity contribution in [2.45, 2.75) is 19.8 Å². The quantitative estimate of drug-likeness (QED) is 0.841. The Morgan fingerprint density at radius 3 is 1.91 bits per heavy atom. The molecule has 0 fully saturated rings. The molecule has 2 aromatic carbocycles. The number of aryl methyl sites for hydroxylation is 1. The average Bonchev–Trinajstić information content (AvgIpc) is 2.53. The van der Waals surface area contributed by atoms with Crippen molar-refractivity contribution in [1.29, 1.82) is 0 Å². The fraction of sp³-hybridized carbons (Fsp3) is 0.250. The van der Waals surface area contributed by atoms with Crippen LogP contribution in [-0.4, -0.2) is 25.2 Å². The van der Waals surface area contributed by atoms with Gasteiger partial charge in [0.15, 0.2) is 0 Å². The van der Waals surface area contributed by atoms with Gasteiger partial charge in [0.25, 0.3) is 0 Å². The lowest BCUT2D eigenvalue weighted by molar-refractivity contribution is -0.132. The Morgan fingerprint density at radius 2 is 1.48 bits per heavy atom. The van der Waals surface area contributed by atoms with Gasteiger partial charge in [-0.25, -0.2) is 4.79 Å². The lowest BCUT2D eigenvalue weighted by atomic mass is 9.89. The fourth-order valence-corrected chi connectivity index (χ4v) is 2.46. The largest absolute Gasteiger partial charge is 0.478 e. The molecular formula is C20H23NO2. The number of benzene rings is 2. The first-order chi connectivity index (χ1) is 10.9. The van der Waals surface area contributed by atoms with Crippen molar-refractivity contribution >= 4 is 11.7 Å². The molecule has 0 saturated heterocycles. The van der Waals surface area contributed by atoms with Crippen molar-refractivity contribution in [2.24, 2.45) is 0 Å². The van der Waals surface area contributed by atoms with Crippen LogP contribution in [0.2, 0.25) is 0 Å². The van der Waals surface area contributed by atoms with E-state index in [1.807, 2.05) is 32.0 Å². The van der Waals surface area contributed by atoms with Gasteiger partial charge >= 0.3 is 5.97 Å². The number of aliphatic carboxylic acids is 1. The number of carboxylic acid groups (broad SMARTS) is 1. The zero-order chi connectivity index (χ0) is 17.0. The predicted octanol–water partition coefficient (Wildman–Crippen LogP) is 4.22. The minimum Gasteiger partial charge on any atom is -0.478 e. The predicted molar refractivity (Wildman–Crippen MR) is 95.2 cm³/mol. The zero-order valence-electron chi connectivity index (χ0n) is 14.1. The molecular weight excluding hydrogens is 286 g/mol. The van der Waals surface area contributed by atoms with E-state index in [1.54, 1.807) is 6.92 Å². The molecule has 0 aliphatic heterocycles. The minimum absolute atomic E-state index is 0.0667. The number of carbonyl (C=O) groups is 1. The van der Waals surface area contributed by atoms with Gasteiger partial charge < -0.3 is 10.0 Å². The molecule has 2 rings (SSSR count). The summed E-state index contributed by atoms with van der Waals surface area (Å²) in [7, 11) is 4.00. The molecule has 0 aromatic heterocycles. The highest BCUT2D eigenvalue weighted by atomic mass is 16.4.